The first-order chi connectivity index (χ1) is 14.3. The Morgan fingerprint density at radius 3 is 2.21 bits per heavy atom. The van der Waals surface area contributed by atoms with Crippen LogP contribution in [0.2, 0.25) is 0 Å². The number of ether oxygens (including phenoxy) is 4. The van der Waals surface area contributed by atoms with Crippen LogP contribution in [0.3, 0.4) is 0 Å². The molecule has 0 bridgehead atoms. The normalized spacial score (nSPS) is 10.4. The Kier molecular flexibility index (Phi) is 7.30. The molecule has 152 valence electrons. The van der Waals surface area contributed by atoms with Gasteiger partial charge in [-0.25, -0.2) is 0 Å². The van der Waals surface area contributed by atoms with Crippen LogP contribution in [-0.2, 0) is 19.7 Å². The van der Waals surface area contributed by atoms with Crippen molar-refractivity contribution in [3.05, 3.63) is 77.6 Å². The molecule has 0 atom stereocenters. The first-order valence-electron chi connectivity index (χ1n) is 9.36. The third-order valence-electron chi connectivity index (χ3n) is 4.49. The van der Waals surface area contributed by atoms with Crippen LogP contribution in [0.1, 0.15) is 16.8 Å². The fourth-order valence-electron chi connectivity index (χ4n) is 3.06. The average Bonchev–Trinajstić information content (AvgIpc) is 2.78. The van der Waals surface area contributed by atoms with Gasteiger partial charge >= 0.3 is 0 Å². The van der Waals surface area contributed by atoms with E-state index in [4.69, 9.17) is 18.9 Å². The first kappa shape index (κ1) is 20.5. The van der Waals surface area contributed by atoms with E-state index in [1.165, 1.54) is 0 Å². The van der Waals surface area contributed by atoms with Gasteiger partial charge in [0.15, 0.2) is 11.5 Å². The summed E-state index contributed by atoms with van der Waals surface area (Å²) in [7, 11) is 4.84. The van der Waals surface area contributed by atoms with Crippen molar-refractivity contribution in [1.29, 1.82) is 0 Å². The van der Waals surface area contributed by atoms with Crippen molar-refractivity contribution in [2.45, 2.75) is 19.7 Å². The SMILES string of the molecule is COc1ccc(CNCc2ccccc2OCc2ccccn2)c(OC)c1OC. The van der Waals surface area contributed by atoms with E-state index in [1.807, 2.05) is 54.6 Å². The molecular formula is C23H26N2O4. The highest BCUT2D eigenvalue weighted by molar-refractivity contribution is 5.55. The van der Waals surface area contributed by atoms with Gasteiger partial charge < -0.3 is 24.3 Å². The number of hydrogen-bond acceptors (Lipinski definition) is 6. The number of pyridine rings is 1. The van der Waals surface area contributed by atoms with Crippen LogP contribution in [0.5, 0.6) is 23.0 Å². The Labute approximate surface area is 171 Å². The third-order valence-corrected chi connectivity index (χ3v) is 4.49. The van der Waals surface area contributed by atoms with Gasteiger partial charge in [-0.05, 0) is 24.3 Å². The van der Waals surface area contributed by atoms with E-state index in [0.29, 0.717) is 36.9 Å². The minimum atomic E-state index is 0.432. The molecule has 1 aromatic heterocycles. The molecule has 0 aliphatic carbocycles. The van der Waals surface area contributed by atoms with Crippen molar-refractivity contribution in [3.8, 4) is 23.0 Å². The average molecular weight is 394 g/mol. The standard InChI is InChI=1S/C23H26N2O4/c1-26-21-12-11-18(22(27-2)23(21)28-3)15-24-14-17-8-4-5-10-20(17)29-16-19-9-6-7-13-25-19/h4-13,24H,14-16H2,1-3H3. The maximum Gasteiger partial charge on any atom is 0.203 e. The van der Waals surface area contributed by atoms with Gasteiger partial charge in [-0.2, -0.15) is 0 Å². The van der Waals surface area contributed by atoms with Gasteiger partial charge in [0.25, 0.3) is 0 Å². The molecule has 3 rings (SSSR count). The van der Waals surface area contributed by atoms with Gasteiger partial charge in [-0.1, -0.05) is 30.3 Å². The molecule has 1 heterocycles. The number of benzene rings is 2. The molecule has 0 spiro atoms. The highest BCUT2D eigenvalue weighted by atomic mass is 16.5. The van der Waals surface area contributed by atoms with Gasteiger partial charge in [0.05, 0.1) is 27.0 Å². The third kappa shape index (κ3) is 5.18. The van der Waals surface area contributed by atoms with E-state index in [2.05, 4.69) is 10.3 Å². The molecule has 0 fully saturated rings. The highest BCUT2D eigenvalue weighted by Crippen LogP contribution is 2.39. The molecule has 3 aromatic rings. The second-order valence-electron chi connectivity index (χ2n) is 6.31. The van der Waals surface area contributed by atoms with Gasteiger partial charge in [0.2, 0.25) is 5.75 Å². The summed E-state index contributed by atoms with van der Waals surface area (Å²) in [5.41, 5.74) is 2.95. The summed E-state index contributed by atoms with van der Waals surface area (Å²) >= 11 is 0. The molecule has 0 radical (unpaired) electrons. The number of para-hydroxylation sites is 1. The monoisotopic (exact) mass is 394 g/mol. The fourth-order valence-corrected chi connectivity index (χ4v) is 3.06. The lowest BCUT2D eigenvalue weighted by Gasteiger charge is -2.16. The molecule has 1 N–H and O–H groups in total. The molecule has 0 aliphatic rings. The molecule has 0 amide bonds. The number of aromatic nitrogens is 1. The number of nitrogens with zero attached hydrogens (tertiary/aromatic N) is 1. The van der Waals surface area contributed by atoms with Gasteiger partial charge in [0, 0.05) is 30.4 Å². The smallest absolute Gasteiger partial charge is 0.203 e. The van der Waals surface area contributed by atoms with E-state index < -0.39 is 0 Å². The van der Waals surface area contributed by atoms with Crippen LogP contribution in [0.4, 0.5) is 0 Å². The van der Waals surface area contributed by atoms with Crippen LogP contribution < -0.4 is 24.3 Å². The van der Waals surface area contributed by atoms with E-state index >= 15 is 0 Å². The van der Waals surface area contributed by atoms with Crippen LogP contribution in [0, 0.1) is 0 Å². The second-order valence-corrected chi connectivity index (χ2v) is 6.31. The second kappa shape index (κ2) is 10.3. The fraction of sp³-hybridized carbons (Fsp3) is 0.261. The van der Waals surface area contributed by atoms with Crippen molar-refractivity contribution in [1.82, 2.24) is 10.3 Å². The maximum absolute atomic E-state index is 5.97. The predicted molar refractivity (Wildman–Crippen MR) is 112 cm³/mol. The number of hydrogen-bond donors (Lipinski definition) is 1. The molecule has 0 unspecified atom stereocenters. The summed E-state index contributed by atoms with van der Waals surface area (Å²) in [6.45, 7) is 1.69. The minimum absolute atomic E-state index is 0.432. The van der Waals surface area contributed by atoms with Crippen molar-refractivity contribution < 1.29 is 18.9 Å². The summed E-state index contributed by atoms with van der Waals surface area (Å²) in [6, 6.07) is 17.6. The maximum atomic E-state index is 5.97. The lowest BCUT2D eigenvalue weighted by Crippen LogP contribution is -2.14. The molecular weight excluding hydrogens is 368 g/mol. The molecule has 0 aliphatic heterocycles. The summed E-state index contributed by atoms with van der Waals surface area (Å²) in [5.74, 6) is 2.73. The summed E-state index contributed by atoms with van der Waals surface area (Å²) in [6.07, 6.45) is 1.77. The molecule has 29 heavy (non-hydrogen) atoms. The van der Waals surface area contributed by atoms with E-state index in [-0.39, 0.29) is 0 Å². The van der Waals surface area contributed by atoms with Crippen LogP contribution in [0.15, 0.2) is 60.8 Å². The Balaban J connectivity index is 1.65. The molecule has 2 aromatic carbocycles. The molecule has 0 saturated carbocycles. The van der Waals surface area contributed by atoms with Crippen molar-refractivity contribution >= 4 is 0 Å². The zero-order valence-corrected chi connectivity index (χ0v) is 17.0. The Morgan fingerprint density at radius 2 is 1.48 bits per heavy atom. The summed E-state index contributed by atoms with van der Waals surface area (Å²) in [4.78, 5) is 4.30. The van der Waals surface area contributed by atoms with Crippen molar-refractivity contribution in [2.24, 2.45) is 0 Å². The zero-order chi connectivity index (χ0) is 20.5. The van der Waals surface area contributed by atoms with E-state index in [0.717, 1.165) is 22.6 Å². The van der Waals surface area contributed by atoms with Gasteiger partial charge in [-0.3, -0.25) is 4.98 Å². The number of rotatable bonds is 10. The van der Waals surface area contributed by atoms with Crippen LogP contribution in [-0.4, -0.2) is 26.3 Å². The number of nitrogens with one attached hydrogen (secondary N) is 1. The van der Waals surface area contributed by atoms with E-state index in [9.17, 15) is 0 Å². The van der Waals surface area contributed by atoms with Gasteiger partial charge in [0.1, 0.15) is 12.4 Å². The molecule has 6 heteroatoms. The van der Waals surface area contributed by atoms with Crippen LogP contribution >= 0.6 is 0 Å². The summed E-state index contributed by atoms with van der Waals surface area (Å²) < 4.78 is 22.3. The largest absolute Gasteiger partial charge is 0.493 e. The topological polar surface area (TPSA) is 61.8 Å². The minimum Gasteiger partial charge on any atom is -0.493 e. The first-order valence-corrected chi connectivity index (χ1v) is 9.36. The number of methoxy groups -OCH3 is 3. The van der Waals surface area contributed by atoms with Crippen LogP contribution in [0.25, 0.3) is 0 Å². The van der Waals surface area contributed by atoms with Crippen molar-refractivity contribution in [2.75, 3.05) is 21.3 Å². The summed E-state index contributed by atoms with van der Waals surface area (Å²) in [5, 5.41) is 3.45. The highest BCUT2D eigenvalue weighted by Gasteiger charge is 2.15. The molecule has 6 nitrogen and oxygen atoms in total. The Bertz CT molecular complexity index is 916. The Morgan fingerprint density at radius 1 is 0.724 bits per heavy atom. The zero-order valence-electron chi connectivity index (χ0n) is 17.0. The van der Waals surface area contributed by atoms with E-state index in [1.54, 1.807) is 27.5 Å². The lowest BCUT2D eigenvalue weighted by molar-refractivity contribution is 0.297. The molecule has 0 saturated heterocycles. The van der Waals surface area contributed by atoms with Gasteiger partial charge in [-0.15, -0.1) is 0 Å². The Hall–Kier alpha value is -3.25. The quantitative estimate of drug-likeness (QED) is 0.561. The predicted octanol–water partition coefficient (Wildman–Crippen LogP) is 3.98. The lowest BCUT2D eigenvalue weighted by atomic mass is 10.1. The van der Waals surface area contributed by atoms with Crippen molar-refractivity contribution in [3.63, 3.8) is 0 Å².